The fourth-order valence-corrected chi connectivity index (χ4v) is 5.27. The predicted octanol–water partition coefficient (Wildman–Crippen LogP) is 6.48. The summed E-state index contributed by atoms with van der Waals surface area (Å²) in [6.07, 6.45) is 1.43. The van der Waals surface area contributed by atoms with Gasteiger partial charge in [0.15, 0.2) is 0 Å². The first kappa shape index (κ1) is 23.6. The normalized spacial score (nSPS) is 17.3. The molecule has 2 atom stereocenters. The van der Waals surface area contributed by atoms with Crippen molar-refractivity contribution < 1.29 is 9.53 Å². The molecular weight excluding hydrogens is 530 g/mol. The van der Waals surface area contributed by atoms with E-state index in [4.69, 9.17) is 4.74 Å². The van der Waals surface area contributed by atoms with Gasteiger partial charge >= 0.3 is 0 Å². The van der Waals surface area contributed by atoms with Gasteiger partial charge in [-0.15, -0.1) is 0 Å². The number of hydrogen-bond donors (Lipinski definition) is 1. The Kier molecular flexibility index (Phi) is 6.32. The summed E-state index contributed by atoms with van der Waals surface area (Å²) >= 11 is 3.45. The quantitative estimate of drug-likeness (QED) is 0.270. The first-order chi connectivity index (χ1) is 18.0. The van der Waals surface area contributed by atoms with Crippen LogP contribution < -0.4 is 10.9 Å². The molecule has 0 saturated carbocycles. The minimum atomic E-state index is -0.322. The van der Waals surface area contributed by atoms with Crippen molar-refractivity contribution in [2.75, 3.05) is 5.32 Å². The molecular formula is C30H24BrN3O3. The second-order valence-corrected chi connectivity index (χ2v) is 10.2. The van der Waals surface area contributed by atoms with Crippen LogP contribution in [0.2, 0.25) is 0 Å². The zero-order valence-electron chi connectivity index (χ0n) is 19.9. The summed E-state index contributed by atoms with van der Waals surface area (Å²) in [5.74, 6) is -0.112. The average Bonchev–Trinajstić information content (AvgIpc) is 3.39. The minimum absolute atomic E-state index is 0.0444. The third-order valence-corrected chi connectivity index (χ3v) is 7.31. The van der Waals surface area contributed by atoms with Crippen LogP contribution >= 0.6 is 15.9 Å². The first-order valence-electron chi connectivity index (χ1n) is 12.3. The third kappa shape index (κ3) is 4.80. The SMILES string of the molecule is O=C(Nc1nc2cc(Br)ccc2c(=O)n1C[C@H]1CCC(c2ccc3ccccc3c2)O1)c1ccccc1. The van der Waals surface area contributed by atoms with Crippen LogP contribution in [-0.4, -0.2) is 21.6 Å². The molecule has 1 fully saturated rings. The van der Waals surface area contributed by atoms with Gasteiger partial charge in [0, 0.05) is 10.0 Å². The van der Waals surface area contributed by atoms with Crippen LogP contribution in [0, 0.1) is 0 Å². The monoisotopic (exact) mass is 553 g/mol. The van der Waals surface area contributed by atoms with Crippen LogP contribution in [0.25, 0.3) is 21.7 Å². The number of carbonyl (C=O) groups is 1. The molecule has 1 N–H and O–H groups in total. The van der Waals surface area contributed by atoms with Gasteiger partial charge in [0.1, 0.15) is 0 Å². The van der Waals surface area contributed by atoms with Gasteiger partial charge in [-0.1, -0.05) is 70.5 Å². The van der Waals surface area contributed by atoms with E-state index in [-0.39, 0.29) is 29.6 Å². The van der Waals surface area contributed by atoms with Crippen LogP contribution in [-0.2, 0) is 11.3 Å². The molecule has 7 heteroatoms. The Morgan fingerprint density at radius 3 is 2.57 bits per heavy atom. The lowest BCUT2D eigenvalue weighted by Crippen LogP contribution is -2.31. The second-order valence-electron chi connectivity index (χ2n) is 9.26. The second kappa shape index (κ2) is 9.92. The molecule has 1 saturated heterocycles. The van der Waals surface area contributed by atoms with Gasteiger partial charge in [-0.3, -0.25) is 19.5 Å². The molecule has 1 aliphatic heterocycles. The highest BCUT2D eigenvalue weighted by molar-refractivity contribution is 9.10. The van der Waals surface area contributed by atoms with E-state index in [1.165, 1.54) is 15.3 Å². The number of halogens is 1. The summed E-state index contributed by atoms with van der Waals surface area (Å²) in [4.78, 5) is 31.2. The molecule has 6 nitrogen and oxygen atoms in total. The molecule has 5 aromatic rings. The standard InChI is InChI=1S/C30H24BrN3O3/c31-23-12-14-25-26(17-23)32-30(33-28(35)20-7-2-1-3-8-20)34(29(25)36)18-24-13-15-27(37-24)22-11-10-19-6-4-5-9-21(19)16-22/h1-12,14,16-17,24,27H,13,15,18H2,(H,32,33,35)/t24-,27?/m1/s1. The smallest absolute Gasteiger partial charge is 0.262 e. The van der Waals surface area contributed by atoms with E-state index < -0.39 is 0 Å². The Labute approximate surface area is 222 Å². The van der Waals surface area contributed by atoms with Gasteiger partial charge in [0.2, 0.25) is 5.95 Å². The fraction of sp³-hybridized carbons (Fsp3) is 0.167. The van der Waals surface area contributed by atoms with Crippen molar-refractivity contribution in [2.24, 2.45) is 0 Å². The Hall–Kier alpha value is -3.81. The van der Waals surface area contributed by atoms with E-state index in [1.54, 1.807) is 36.4 Å². The maximum Gasteiger partial charge on any atom is 0.262 e. The number of aromatic nitrogens is 2. The van der Waals surface area contributed by atoms with Gasteiger partial charge in [-0.05, 0) is 65.6 Å². The summed E-state index contributed by atoms with van der Waals surface area (Å²) in [6, 6.07) is 28.9. The molecule has 0 bridgehead atoms. The highest BCUT2D eigenvalue weighted by atomic mass is 79.9. The van der Waals surface area contributed by atoms with Crippen molar-refractivity contribution in [3.8, 4) is 0 Å². The summed E-state index contributed by atoms with van der Waals surface area (Å²) in [7, 11) is 0. The van der Waals surface area contributed by atoms with Gasteiger partial charge < -0.3 is 4.74 Å². The van der Waals surface area contributed by atoms with Crippen molar-refractivity contribution in [1.29, 1.82) is 0 Å². The summed E-state index contributed by atoms with van der Waals surface area (Å²) in [6.45, 7) is 0.298. The zero-order chi connectivity index (χ0) is 25.4. The molecule has 184 valence electrons. The predicted molar refractivity (Wildman–Crippen MR) is 149 cm³/mol. The first-order valence-corrected chi connectivity index (χ1v) is 13.0. The lowest BCUT2D eigenvalue weighted by atomic mass is 10.0. The zero-order valence-corrected chi connectivity index (χ0v) is 21.5. The maximum absolute atomic E-state index is 13.6. The number of hydrogen-bond acceptors (Lipinski definition) is 4. The number of anilines is 1. The van der Waals surface area contributed by atoms with Crippen LogP contribution in [0.5, 0.6) is 0 Å². The van der Waals surface area contributed by atoms with Crippen molar-refractivity contribution >= 4 is 49.5 Å². The Bertz CT molecular complexity index is 1680. The number of ether oxygens (including phenoxy) is 1. The molecule has 0 spiro atoms. The summed E-state index contributed by atoms with van der Waals surface area (Å²) < 4.78 is 8.76. The van der Waals surface area contributed by atoms with Gasteiger partial charge in [0.25, 0.3) is 11.5 Å². The van der Waals surface area contributed by atoms with E-state index in [0.717, 1.165) is 22.9 Å². The van der Waals surface area contributed by atoms with Crippen LogP contribution in [0.3, 0.4) is 0 Å². The van der Waals surface area contributed by atoms with Crippen LogP contribution in [0.1, 0.15) is 34.9 Å². The number of benzene rings is 4. The lowest BCUT2D eigenvalue weighted by Gasteiger charge is -2.19. The summed E-state index contributed by atoms with van der Waals surface area (Å²) in [5.41, 5.74) is 1.93. The average molecular weight is 554 g/mol. The Morgan fingerprint density at radius 2 is 1.73 bits per heavy atom. The summed E-state index contributed by atoms with van der Waals surface area (Å²) in [5, 5.41) is 5.72. The number of fused-ring (bicyclic) bond motifs is 2. The maximum atomic E-state index is 13.6. The highest BCUT2D eigenvalue weighted by Gasteiger charge is 2.28. The largest absolute Gasteiger partial charge is 0.368 e. The molecule has 1 aliphatic rings. The number of carbonyl (C=O) groups excluding carboxylic acids is 1. The Balaban J connectivity index is 1.30. The van der Waals surface area contributed by atoms with Crippen LogP contribution in [0.15, 0.2) is 100 Å². The van der Waals surface area contributed by atoms with Crippen molar-refractivity contribution in [3.05, 3.63) is 117 Å². The molecule has 6 rings (SSSR count). The number of nitrogens with one attached hydrogen (secondary N) is 1. The third-order valence-electron chi connectivity index (χ3n) is 6.82. The highest BCUT2D eigenvalue weighted by Crippen LogP contribution is 2.35. The van der Waals surface area contributed by atoms with E-state index in [2.05, 4.69) is 56.6 Å². The topological polar surface area (TPSA) is 73.2 Å². The fourth-order valence-electron chi connectivity index (χ4n) is 4.92. The number of amides is 1. The molecule has 0 radical (unpaired) electrons. The molecule has 1 amide bonds. The van der Waals surface area contributed by atoms with Crippen molar-refractivity contribution in [3.63, 3.8) is 0 Å². The van der Waals surface area contributed by atoms with E-state index in [9.17, 15) is 9.59 Å². The molecule has 4 aromatic carbocycles. The van der Waals surface area contributed by atoms with Gasteiger partial charge in [-0.2, -0.15) is 0 Å². The molecule has 1 unspecified atom stereocenters. The number of nitrogens with zero attached hydrogens (tertiary/aromatic N) is 2. The Morgan fingerprint density at radius 1 is 0.946 bits per heavy atom. The van der Waals surface area contributed by atoms with E-state index in [1.807, 2.05) is 24.3 Å². The van der Waals surface area contributed by atoms with Crippen molar-refractivity contribution in [2.45, 2.75) is 31.6 Å². The molecule has 0 aliphatic carbocycles. The van der Waals surface area contributed by atoms with Gasteiger partial charge in [0.05, 0.1) is 29.7 Å². The van der Waals surface area contributed by atoms with Crippen LogP contribution in [0.4, 0.5) is 5.95 Å². The van der Waals surface area contributed by atoms with E-state index >= 15 is 0 Å². The molecule has 1 aromatic heterocycles. The molecule has 2 heterocycles. The minimum Gasteiger partial charge on any atom is -0.368 e. The molecule has 37 heavy (non-hydrogen) atoms. The van der Waals surface area contributed by atoms with Gasteiger partial charge in [-0.25, -0.2) is 4.98 Å². The lowest BCUT2D eigenvalue weighted by molar-refractivity contribution is 0.0348. The van der Waals surface area contributed by atoms with Crippen molar-refractivity contribution in [1.82, 2.24) is 9.55 Å². The van der Waals surface area contributed by atoms with E-state index in [0.29, 0.717) is 23.0 Å². The number of rotatable bonds is 5.